The molecule has 3 amide bonds. The molecule has 0 radical (unpaired) electrons. The van der Waals surface area contributed by atoms with Gasteiger partial charge in [0.15, 0.2) is 6.29 Å². The van der Waals surface area contributed by atoms with Crippen molar-refractivity contribution in [2.75, 3.05) is 32.5 Å². The number of aliphatic imine (C=N–C) groups is 2. The molecular weight excluding hydrogens is 460 g/mol. The lowest BCUT2D eigenvalue weighted by molar-refractivity contribution is -0.103. The van der Waals surface area contributed by atoms with Crippen LogP contribution in [-0.2, 0) is 4.79 Å². The summed E-state index contributed by atoms with van der Waals surface area (Å²) in [4.78, 5) is 42.9. The summed E-state index contributed by atoms with van der Waals surface area (Å²) >= 11 is 0. The van der Waals surface area contributed by atoms with Gasteiger partial charge in [-0.25, -0.2) is 9.79 Å². The van der Waals surface area contributed by atoms with Crippen LogP contribution in [0.1, 0.15) is 28.3 Å². The Bertz CT molecular complexity index is 1150. The smallest absolute Gasteiger partial charge is 0.325 e. The molecule has 3 rings (SSSR count). The second-order valence-electron chi connectivity index (χ2n) is 7.83. The number of carbonyl (C=O) groups excluding carboxylic acids is 3. The zero-order valence-electron chi connectivity index (χ0n) is 20.2. The van der Waals surface area contributed by atoms with Gasteiger partial charge in [0.25, 0.3) is 5.91 Å². The standard InChI is InChI=1S/C22H28N8O2.C3H2O/c1-25-19(31)15-5-9-17(10-6-15)26-20(23)28-21(24)29-22(32)27-18-7-3-14(4-8-18)16-11-12-30(2)13-16;1-2-3-4/h3-10,16H,11-13H2,1-2H3,(H,25,31)(H6,23,24,26,27,28,29,32);1,3H. The van der Waals surface area contributed by atoms with E-state index >= 15 is 0 Å². The summed E-state index contributed by atoms with van der Waals surface area (Å²) in [5.74, 6) is 1.73. The molecule has 0 spiro atoms. The van der Waals surface area contributed by atoms with E-state index in [0.717, 1.165) is 19.5 Å². The molecule has 1 heterocycles. The third kappa shape index (κ3) is 8.92. The largest absolute Gasteiger partial charge is 0.369 e. The topological polar surface area (TPSA) is 167 Å². The zero-order chi connectivity index (χ0) is 26.5. The Morgan fingerprint density at radius 3 is 2.31 bits per heavy atom. The van der Waals surface area contributed by atoms with Gasteiger partial charge in [-0.15, -0.1) is 6.42 Å². The Kier molecular flexibility index (Phi) is 10.6. The first-order chi connectivity index (χ1) is 17.2. The van der Waals surface area contributed by atoms with Gasteiger partial charge in [-0.1, -0.05) is 12.1 Å². The lowest BCUT2D eigenvalue weighted by Crippen LogP contribution is -2.40. The van der Waals surface area contributed by atoms with Crippen molar-refractivity contribution in [2.24, 2.45) is 21.5 Å². The Balaban J connectivity index is 0.00000106. The van der Waals surface area contributed by atoms with E-state index in [9.17, 15) is 9.59 Å². The van der Waals surface area contributed by atoms with Gasteiger partial charge in [-0.2, -0.15) is 4.99 Å². The minimum Gasteiger partial charge on any atom is -0.369 e. The lowest BCUT2D eigenvalue weighted by atomic mass is 9.98. The number of nitrogens with zero attached hydrogens (tertiary/aromatic N) is 3. The molecular formula is C25H30N8O3. The van der Waals surface area contributed by atoms with Crippen LogP contribution < -0.4 is 27.4 Å². The first-order valence-corrected chi connectivity index (χ1v) is 11.0. The van der Waals surface area contributed by atoms with E-state index in [1.807, 2.05) is 24.3 Å². The third-order valence-corrected chi connectivity index (χ3v) is 5.18. The zero-order valence-corrected chi connectivity index (χ0v) is 20.2. The molecule has 0 aromatic heterocycles. The first kappa shape index (κ1) is 27.6. The predicted molar refractivity (Wildman–Crippen MR) is 141 cm³/mol. The van der Waals surface area contributed by atoms with Gasteiger partial charge >= 0.3 is 6.03 Å². The number of anilines is 1. The molecule has 1 aliphatic rings. The molecule has 1 unspecified atom stereocenters. The fourth-order valence-corrected chi connectivity index (χ4v) is 3.46. The number of carbonyl (C=O) groups is 3. The highest BCUT2D eigenvalue weighted by molar-refractivity contribution is 6.05. The van der Waals surface area contributed by atoms with Crippen molar-refractivity contribution in [1.82, 2.24) is 15.5 Å². The molecule has 36 heavy (non-hydrogen) atoms. The number of nitrogens with two attached hydrogens (primary N) is 2. The highest BCUT2D eigenvalue weighted by atomic mass is 16.2. The number of likely N-dealkylation sites (tertiary alicyclic amines) is 1. The van der Waals surface area contributed by atoms with Crippen LogP contribution in [0.25, 0.3) is 0 Å². The number of hydrogen-bond acceptors (Lipinski definition) is 5. The molecule has 0 bridgehead atoms. The van der Waals surface area contributed by atoms with E-state index in [1.54, 1.807) is 37.2 Å². The number of terminal acetylenes is 1. The molecule has 11 nitrogen and oxygen atoms in total. The monoisotopic (exact) mass is 490 g/mol. The third-order valence-electron chi connectivity index (χ3n) is 5.18. The summed E-state index contributed by atoms with van der Waals surface area (Å²) in [6.07, 6.45) is 5.95. The lowest BCUT2D eigenvalue weighted by Gasteiger charge is -2.12. The molecule has 11 heteroatoms. The molecule has 0 saturated carbocycles. The second kappa shape index (κ2) is 13.9. The Morgan fingerprint density at radius 2 is 1.78 bits per heavy atom. The van der Waals surface area contributed by atoms with Crippen LogP contribution in [0.5, 0.6) is 0 Å². The molecule has 188 valence electrons. The van der Waals surface area contributed by atoms with Gasteiger partial charge in [0, 0.05) is 24.8 Å². The SMILES string of the molecule is C#CC=O.CNC(=O)c1ccc(N=C(N)/N=C(/N)NC(=O)Nc2ccc(C3CCN(C)C3)cc2)cc1. The van der Waals surface area contributed by atoms with Crippen LogP contribution in [0.15, 0.2) is 58.5 Å². The molecule has 0 aliphatic carbocycles. The molecule has 7 N–H and O–H groups in total. The molecule has 1 aliphatic heterocycles. The van der Waals surface area contributed by atoms with E-state index in [4.69, 9.17) is 16.3 Å². The van der Waals surface area contributed by atoms with Crippen molar-refractivity contribution in [3.05, 3.63) is 59.7 Å². The van der Waals surface area contributed by atoms with Crippen LogP contribution >= 0.6 is 0 Å². The fraction of sp³-hybridized carbons (Fsp3) is 0.240. The number of hydrogen-bond donors (Lipinski definition) is 5. The van der Waals surface area contributed by atoms with Crippen LogP contribution in [0.2, 0.25) is 0 Å². The van der Waals surface area contributed by atoms with E-state index < -0.39 is 6.03 Å². The van der Waals surface area contributed by atoms with Crippen molar-refractivity contribution in [3.63, 3.8) is 0 Å². The molecule has 2 aromatic rings. The van der Waals surface area contributed by atoms with Crippen molar-refractivity contribution < 1.29 is 14.4 Å². The number of rotatable bonds is 4. The fourth-order valence-electron chi connectivity index (χ4n) is 3.46. The van der Waals surface area contributed by atoms with E-state index in [-0.39, 0.29) is 17.8 Å². The van der Waals surface area contributed by atoms with Crippen LogP contribution in [0, 0.1) is 12.3 Å². The van der Waals surface area contributed by atoms with E-state index in [0.29, 0.717) is 29.1 Å². The average Bonchev–Trinajstić information content (AvgIpc) is 3.30. The Morgan fingerprint density at radius 1 is 1.14 bits per heavy atom. The number of benzene rings is 2. The summed E-state index contributed by atoms with van der Waals surface area (Å²) < 4.78 is 0. The van der Waals surface area contributed by atoms with Gasteiger partial charge in [-0.05, 0) is 73.8 Å². The highest BCUT2D eigenvalue weighted by Crippen LogP contribution is 2.27. The maximum absolute atomic E-state index is 12.2. The van der Waals surface area contributed by atoms with E-state index in [2.05, 4.69) is 44.3 Å². The van der Waals surface area contributed by atoms with Crippen molar-refractivity contribution in [2.45, 2.75) is 12.3 Å². The van der Waals surface area contributed by atoms with Crippen LogP contribution in [0.3, 0.4) is 0 Å². The number of nitrogens with one attached hydrogen (secondary N) is 3. The first-order valence-electron chi connectivity index (χ1n) is 11.0. The summed E-state index contributed by atoms with van der Waals surface area (Å²) in [6.45, 7) is 2.14. The molecule has 1 atom stereocenters. The van der Waals surface area contributed by atoms with Crippen molar-refractivity contribution in [1.29, 1.82) is 0 Å². The number of aldehydes is 1. The summed E-state index contributed by atoms with van der Waals surface area (Å²) in [5.41, 5.74) is 14.4. The van der Waals surface area contributed by atoms with Gasteiger partial charge in [0.1, 0.15) is 0 Å². The van der Waals surface area contributed by atoms with Crippen LogP contribution in [0.4, 0.5) is 16.2 Å². The van der Waals surface area contributed by atoms with E-state index in [1.165, 1.54) is 5.56 Å². The average molecular weight is 491 g/mol. The second-order valence-corrected chi connectivity index (χ2v) is 7.83. The highest BCUT2D eigenvalue weighted by Gasteiger charge is 2.20. The maximum atomic E-state index is 12.2. The Labute approximate surface area is 210 Å². The summed E-state index contributed by atoms with van der Waals surface area (Å²) in [5, 5.41) is 7.65. The van der Waals surface area contributed by atoms with Crippen molar-refractivity contribution in [3.8, 4) is 12.3 Å². The molecule has 2 aromatic carbocycles. The van der Waals surface area contributed by atoms with Gasteiger partial charge < -0.3 is 27.0 Å². The number of amides is 3. The van der Waals surface area contributed by atoms with Gasteiger partial charge in [-0.3, -0.25) is 14.9 Å². The van der Waals surface area contributed by atoms with Gasteiger partial charge in [0.2, 0.25) is 11.9 Å². The van der Waals surface area contributed by atoms with Crippen LogP contribution in [-0.4, -0.2) is 62.2 Å². The quantitative estimate of drug-likeness (QED) is 0.188. The number of urea groups is 1. The number of guanidine groups is 2. The summed E-state index contributed by atoms with van der Waals surface area (Å²) in [7, 11) is 3.67. The van der Waals surface area contributed by atoms with Gasteiger partial charge in [0.05, 0.1) is 5.69 Å². The predicted octanol–water partition coefficient (Wildman–Crippen LogP) is 1.37. The maximum Gasteiger partial charge on any atom is 0.325 e. The normalized spacial score (nSPS) is 15.6. The Hall–Kier alpha value is -4.69. The molecule has 1 fully saturated rings. The minimum atomic E-state index is -0.540. The summed E-state index contributed by atoms with van der Waals surface area (Å²) in [6, 6.07) is 13.7. The molecule has 1 saturated heterocycles. The number of likely N-dealkylation sites (N-methyl/N-ethyl adjacent to an activating group) is 1. The van der Waals surface area contributed by atoms with Crippen molar-refractivity contribution >= 4 is 41.5 Å². The minimum absolute atomic E-state index is 0.138.